The maximum absolute atomic E-state index is 2.44. The summed E-state index contributed by atoms with van der Waals surface area (Å²) in [4.78, 5) is 0. The van der Waals surface area contributed by atoms with E-state index in [4.69, 9.17) is 0 Å². The summed E-state index contributed by atoms with van der Waals surface area (Å²) in [6, 6.07) is 30.5. The number of hydrogen-bond acceptors (Lipinski definition) is 0. The Labute approximate surface area is 141 Å². The van der Waals surface area contributed by atoms with Crippen LogP contribution in [0, 0.1) is 3.57 Å². The summed E-state index contributed by atoms with van der Waals surface area (Å²) in [7, 11) is -0.348. The smallest absolute Gasteiger partial charge is 0.0166 e. The molecular formula is C19H16IP. The first-order chi connectivity index (χ1) is 10.3. The molecule has 0 aromatic heterocycles. The van der Waals surface area contributed by atoms with Gasteiger partial charge in [-0.2, -0.15) is 0 Å². The summed E-state index contributed by atoms with van der Waals surface area (Å²) < 4.78 is 1.36. The minimum atomic E-state index is -0.348. The van der Waals surface area contributed by atoms with Crippen LogP contribution in [0.5, 0.6) is 0 Å². The largest absolute Gasteiger partial charge is 0.0622 e. The maximum Gasteiger partial charge on any atom is 0.0166 e. The van der Waals surface area contributed by atoms with Crippen LogP contribution in [-0.2, 0) is 6.16 Å². The first-order valence-electron chi connectivity index (χ1n) is 6.95. The van der Waals surface area contributed by atoms with E-state index in [0.717, 1.165) is 6.16 Å². The van der Waals surface area contributed by atoms with Crippen LogP contribution in [0.25, 0.3) is 0 Å². The number of benzene rings is 3. The van der Waals surface area contributed by atoms with Gasteiger partial charge in [0.2, 0.25) is 0 Å². The summed E-state index contributed by atoms with van der Waals surface area (Å²) in [5.41, 5.74) is 1.44. The van der Waals surface area contributed by atoms with Crippen molar-refractivity contribution >= 4 is 41.1 Å². The quantitative estimate of drug-likeness (QED) is 0.429. The Hall–Kier alpha value is -1.18. The molecule has 0 unspecified atom stereocenters. The van der Waals surface area contributed by atoms with Crippen molar-refractivity contribution in [1.29, 1.82) is 0 Å². The molecule has 2 heteroatoms. The van der Waals surface area contributed by atoms with Crippen molar-refractivity contribution in [3.63, 3.8) is 0 Å². The van der Waals surface area contributed by atoms with Crippen molar-refractivity contribution in [2.24, 2.45) is 0 Å². The Balaban J connectivity index is 1.99. The highest BCUT2D eigenvalue weighted by Gasteiger charge is 2.15. The monoisotopic (exact) mass is 402 g/mol. The van der Waals surface area contributed by atoms with E-state index in [1.807, 2.05) is 0 Å². The lowest BCUT2D eigenvalue weighted by Gasteiger charge is -2.19. The molecule has 0 saturated heterocycles. The Morgan fingerprint density at radius 3 is 1.62 bits per heavy atom. The van der Waals surface area contributed by atoms with Crippen LogP contribution in [0.15, 0.2) is 84.9 Å². The van der Waals surface area contributed by atoms with Crippen molar-refractivity contribution < 1.29 is 0 Å². The highest BCUT2D eigenvalue weighted by Crippen LogP contribution is 2.38. The van der Waals surface area contributed by atoms with E-state index in [2.05, 4.69) is 108 Å². The van der Waals surface area contributed by atoms with Crippen LogP contribution in [0.4, 0.5) is 0 Å². The summed E-state index contributed by atoms with van der Waals surface area (Å²) >= 11 is 2.44. The lowest BCUT2D eigenvalue weighted by atomic mass is 10.2. The molecule has 3 aromatic carbocycles. The number of halogens is 1. The maximum atomic E-state index is 2.44. The van der Waals surface area contributed by atoms with Crippen molar-refractivity contribution in [3.8, 4) is 0 Å². The summed E-state index contributed by atoms with van der Waals surface area (Å²) in [6.07, 6.45) is 1.10. The van der Waals surface area contributed by atoms with Gasteiger partial charge in [0.25, 0.3) is 0 Å². The van der Waals surface area contributed by atoms with E-state index in [1.165, 1.54) is 19.7 Å². The second-order valence-electron chi connectivity index (χ2n) is 4.85. The molecule has 0 fully saturated rings. The van der Waals surface area contributed by atoms with E-state index in [-0.39, 0.29) is 7.92 Å². The molecule has 0 nitrogen and oxygen atoms in total. The van der Waals surface area contributed by atoms with Crippen LogP contribution in [-0.4, -0.2) is 0 Å². The van der Waals surface area contributed by atoms with Gasteiger partial charge in [0, 0.05) is 9.73 Å². The highest BCUT2D eigenvalue weighted by molar-refractivity contribution is 14.1. The molecule has 0 amide bonds. The van der Waals surface area contributed by atoms with Crippen LogP contribution in [0.2, 0.25) is 0 Å². The summed E-state index contributed by atoms with van der Waals surface area (Å²) in [5, 5.41) is 2.89. The minimum absolute atomic E-state index is 0.348. The van der Waals surface area contributed by atoms with E-state index in [0.29, 0.717) is 0 Å². The van der Waals surface area contributed by atoms with E-state index < -0.39 is 0 Å². The molecule has 0 radical (unpaired) electrons. The molecule has 0 atom stereocenters. The van der Waals surface area contributed by atoms with Crippen molar-refractivity contribution in [3.05, 3.63) is 94.1 Å². The molecule has 0 aliphatic heterocycles. The van der Waals surface area contributed by atoms with Gasteiger partial charge >= 0.3 is 0 Å². The Morgan fingerprint density at radius 2 is 1.10 bits per heavy atom. The lowest BCUT2D eigenvalue weighted by molar-refractivity contribution is 1.37. The Kier molecular flexibility index (Phi) is 5.05. The third kappa shape index (κ3) is 3.72. The average molecular weight is 402 g/mol. The van der Waals surface area contributed by atoms with Crippen LogP contribution < -0.4 is 10.6 Å². The zero-order valence-corrected chi connectivity index (χ0v) is 14.7. The summed E-state index contributed by atoms with van der Waals surface area (Å²) in [5.74, 6) is 0. The molecule has 104 valence electrons. The van der Waals surface area contributed by atoms with Gasteiger partial charge in [-0.3, -0.25) is 0 Å². The second kappa shape index (κ2) is 7.20. The fourth-order valence-electron chi connectivity index (χ4n) is 2.34. The van der Waals surface area contributed by atoms with Gasteiger partial charge < -0.3 is 0 Å². The van der Waals surface area contributed by atoms with Crippen LogP contribution in [0.3, 0.4) is 0 Å². The fraction of sp³-hybridized carbons (Fsp3) is 0.0526. The standard InChI is InChI=1S/C19H16IP/c20-19-14-8-7-9-16(19)15-21(17-10-3-1-4-11-17)18-12-5-2-6-13-18/h1-14H,15H2. The van der Waals surface area contributed by atoms with Gasteiger partial charge in [-0.25, -0.2) is 0 Å². The third-order valence-electron chi connectivity index (χ3n) is 3.42. The molecular weight excluding hydrogens is 386 g/mol. The second-order valence-corrected chi connectivity index (χ2v) is 8.22. The zero-order chi connectivity index (χ0) is 14.5. The molecule has 0 aliphatic rings. The van der Waals surface area contributed by atoms with Gasteiger partial charge in [-0.15, -0.1) is 0 Å². The van der Waals surface area contributed by atoms with Gasteiger partial charge in [-0.05, 0) is 52.8 Å². The predicted molar refractivity (Wildman–Crippen MR) is 102 cm³/mol. The topological polar surface area (TPSA) is 0 Å². The zero-order valence-electron chi connectivity index (χ0n) is 11.6. The normalized spacial score (nSPS) is 10.8. The SMILES string of the molecule is Ic1ccccc1CP(c1ccccc1)c1ccccc1. The molecule has 0 spiro atoms. The van der Waals surface area contributed by atoms with Gasteiger partial charge in [0.15, 0.2) is 0 Å². The van der Waals surface area contributed by atoms with Crippen LogP contribution in [0.1, 0.15) is 5.56 Å². The number of rotatable bonds is 4. The molecule has 0 N–H and O–H groups in total. The molecule has 3 aromatic rings. The van der Waals surface area contributed by atoms with Crippen molar-refractivity contribution in [2.75, 3.05) is 0 Å². The van der Waals surface area contributed by atoms with Crippen molar-refractivity contribution in [1.82, 2.24) is 0 Å². The number of hydrogen-bond donors (Lipinski definition) is 0. The van der Waals surface area contributed by atoms with E-state index in [1.54, 1.807) is 0 Å². The van der Waals surface area contributed by atoms with Crippen LogP contribution >= 0.6 is 30.5 Å². The molecule has 3 rings (SSSR count). The molecule has 0 saturated carbocycles. The van der Waals surface area contributed by atoms with E-state index in [9.17, 15) is 0 Å². The van der Waals surface area contributed by atoms with E-state index >= 15 is 0 Å². The fourth-order valence-corrected chi connectivity index (χ4v) is 5.57. The van der Waals surface area contributed by atoms with Gasteiger partial charge in [-0.1, -0.05) is 78.9 Å². The van der Waals surface area contributed by atoms with Gasteiger partial charge in [0.05, 0.1) is 0 Å². The predicted octanol–water partition coefficient (Wildman–Crippen LogP) is 4.92. The lowest BCUT2D eigenvalue weighted by Crippen LogP contribution is -2.13. The third-order valence-corrected chi connectivity index (χ3v) is 6.97. The molecule has 0 heterocycles. The van der Waals surface area contributed by atoms with Gasteiger partial charge in [0.1, 0.15) is 0 Å². The molecule has 0 aliphatic carbocycles. The highest BCUT2D eigenvalue weighted by atomic mass is 127. The Bertz CT molecular complexity index is 656. The minimum Gasteiger partial charge on any atom is -0.0622 e. The average Bonchev–Trinajstić information content (AvgIpc) is 2.56. The van der Waals surface area contributed by atoms with Crippen molar-refractivity contribution in [2.45, 2.75) is 6.16 Å². The first kappa shape index (κ1) is 14.7. The Morgan fingerprint density at radius 1 is 0.619 bits per heavy atom. The molecule has 21 heavy (non-hydrogen) atoms. The first-order valence-corrected chi connectivity index (χ1v) is 9.56. The molecule has 0 bridgehead atoms. The summed E-state index contributed by atoms with van der Waals surface area (Å²) in [6.45, 7) is 0.